The highest BCUT2D eigenvalue weighted by atomic mass is 32.2. The molecular weight excluding hydrogens is 348 g/mol. The van der Waals surface area contributed by atoms with Gasteiger partial charge in [-0.2, -0.15) is 0 Å². The molecule has 26 heavy (non-hydrogen) atoms. The highest BCUT2D eigenvalue weighted by Gasteiger charge is 2.13. The molecule has 1 heterocycles. The number of aromatic nitrogens is 3. The van der Waals surface area contributed by atoms with Gasteiger partial charge in [-0.3, -0.25) is 9.59 Å². The number of nitrogens with one attached hydrogen (secondary N) is 1. The first-order valence-corrected chi connectivity index (χ1v) is 9.73. The van der Waals surface area contributed by atoms with Gasteiger partial charge >= 0.3 is 0 Å². The van der Waals surface area contributed by atoms with Gasteiger partial charge in [-0.25, -0.2) is 0 Å². The summed E-state index contributed by atoms with van der Waals surface area (Å²) in [5.41, 5.74) is 1.97. The first-order chi connectivity index (χ1) is 12.4. The normalized spacial score (nSPS) is 11.0. The Morgan fingerprint density at radius 3 is 2.50 bits per heavy atom. The van der Waals surface area contributed by atoms with Gasteiger partial charge in [0.05, 0.1) is 5.75 Å². The van der Waals surface area contributed by atoms with Gasteiger partial charge < -0.3 is 9.88 Å². The van der Waals surface area contributed by atoms with Gasteiger partial charge in [0.1, 0.15) is 5.82 Å². The van der Waals surface area contributed by atoms with Gasteiger partial charge in [-0.1, -0.05) is 49.9 Å². The van der Waals surface area contributed by atoms with Crippen LogP contribution in [0.4, 0.5) is 0 Å². The van der Waals surface area contributed by atoms with E-state index < -0.39 is 0 Å². The standard InChI is InChI=1S/C19H26N4O2S/c1-13(2)11-15-5-7-16(8-6-15)17(25)12-26-19-22-21-18(23(19)4)9-10-20-14(3)24/h5-8,13H,9-12H2,1-4H3,(H,20,24). The van der Waals surface area contributed by atoms with E-state index in [1.165, 1.54) is 24.2 Å². The highest BCUT2D eigenvalue weighted by molar-refractivity contribution is 7.99. The lowest BCUT2D eigenvalue weighted by atomic mass is 10.0. The van der Waals surface area contributed by atoms with E-state index in [1.54, 1.807) is 0 Å². The minimum atomic E-state index is -0.0632. The van der Waals surface area contributed by atoms with Crippen LogP contribution in [0.25, 0.3) is 0 Å². The molecule has 1 aromatic heterocycles. The summed E-state index contributed by atoms with van der Waals surface area (Å²) in [5, 5.41) is 11.7. The second kappa shape index (κ2) is 9.52. The molecule has 0 aliphatic heterocycles. The Kier molecular flexibility index (Phi) is 7.38. The number of benzene rings is 1. The van der Waals surface area contributed by atoms with Gasteiger partial charge in [0.25, 0.3) is 0 Å². The van der Waals surface area contributed by atoms with E-state index in [0.717, 1.165) is 17.8 Å². The zero-order chi connectivity index (χ0) is 19.1. The van der Waals surface area contributed by atoms with Crippen molar-refractivity contribution in [2.45, 2.75) is 38.8 Å². The molecule has 1 amide bonds. The van der Waals surface area contributed by atoms with E-state index in [4.69, 9.17) is 0 Å². The molecule has 0 atom stereocenters. The van der Waals surface area contributed by atoms with Crippen LogP contribution in [-0.2, 0) is 24.7 Å². The predicted octanol–water partition coefficient (Wildman–Crippen LogP) is 2.67. The van der Waals surface area contributed by atoms with E-state index in [-0.39, 0.29) is 11.7 Å². The third kappa shape index (κ3) is 5.98. The molecule has 2 rings (SSSR count). The Morgan fingerprint density at radius 2 is 1.88 bits per heavy atom. The second-order valence-corrected chi connectivity index (χ2v) is 7.64. The average molecular weight is 375 g/mol. The molecule has 6 nitrogen and oxygen atoms in total. The number of rotatable bonds is 9. The number of nitrogens with zero attached hydrogens (tertiary/aromatic N) is 3. The Hall–Kier alpha value is -2.15. The fourth-order valence-electron chi connectivity index (χ4n) is 2.55. The van der Waals surface area contributed by atoms with Crippen LogP contribution in [-0.4, -0.2) is 38.8 Å². The Morgan fingerprint density at radius 1 is 1.19 bits per heavy atom. The number of hydrogen-bond acceptors (Lipinski definition) is 5. The summed E-state index contributed by atoms with van der Waals surface area (Å²) in [4.78, 5) is 23.3. The van der Waals surface area contributed by atoms with E-state index in [0.29, 0.717) is 29.8 Å². The minimum absolute atomic E-state index is 0.0632. The van der Waals surface area contributed by atoms with Crippen LogP contribution in [0.1, 0.15) is 42.5 Å². The first-order valence-electron chi connectivity index (χ1n) is 8.74. The third-order valence-electron chi connectivity index (χ3n) is 3.90. The zero-order valence-corrected chi connectivity index (χ0v) is 16.6. The lowest BCUT2D eigenvalue weighted by Crippen LogP contribution is -2.23. The van der Waals surface area contributed by atoms with Crippen LogP contribution >= 0.6 is 11.8 Å². The molecule has 2 aromatic rings. The van der Waals surface area contributed by atoms with Crippen molar-refractivity contribution in [2.24, 2.45) is 13.0 Å². The van der Waals surface area contributed by atoms with Crippen molar-refractivity contribution >= 4 is 23.5 Å². The number of hydrogen-bond donors (Lipinski definition) is 1. The average Bonchev–Trinajstić information content (AvgIpc) is 2.93. The molecule has 1 N–H and O–H groups in total. The van der Waals surface area contributed by atoms with Crippen molar-refractivity contribution in [3.63, 3.8) is 0 Å². The molecule has 0 saturated carbocycles. The number of carbonyl (C=O) groups is 2. The highest BCUT2D eigenvalue weighted by Crippen LogP contribution is 2.18. The largest absolute Gasteiger partial charge is 0.356 e. The van der Waals surface area contributed by atoms with Crippen LogP contribution < -0.4 is 5.32 Å². The van der Waals surface area contributed by atoms with Crippen molar-refractivity contribution in [1.82, 2.24) is 20.1 Å². The summed E-state index contributed by atoms with van der Waals surface area (Å²) in [7, 11) is 1.87. The molecule has 0 spiro atoms. The summed E-state index contributed by atoms with van der Waals surface area (Å²) in [6.45, 7) is 6.37. The molecule has 0 radical (unpaired) electrons. The Balaban J connectivity index is 1.89. The van der Waals surface area contributed by atoms with Crippen molar-refractivity contribution < 1.29 is 9.59 Å². The number of thioether (sulfide) groups is 1. The maximum absolute atomic E-state index is 12.4. The minimum Gasteiger partial charge on any atom is -0.356 e. The number of amides is 1. The zero-order valence-electron chi connectivity index (χ0n) is 15.8. The summed E-state index contributed by atoms with van der Waals surface area (Å²) in [5.74, 6) is 1.72. The van der Waals surface area contributed by atoms with Crippen LogP contribution in [0, 0.1) is 5.92 Å². The van der Waals surface area contributed by atoms with E-state index in [2.05, 4.69) is 29.4 Å². The summed E-state index contributed by atoms with van der Waals surface area (Å²) in [6.07, 6.45) is 1.62. The smallest absolute Gasteiger partial charge is 0.216 e. The third-order valence-corrected chi connectivity index (χ3v) is 4.92. The van der Waals surface area contributed by atoms with Gasteiger partial charge in [0.2, 0.25) is 5.91 Å². The fraction of sp³-hybridized carbons (Fsp3) is 0.474. The number of ketones is 1. The van der Waals surface area contributed by atoms with Gasteiger partial charge in [0, 0.05) is 32.5 Å². The van der Waals surface area contributed by atoms with Gasteiger partial charge in [-0.15, -0.1) is 10.2 Å². The Labute approximate surface area is 158 Å². The van der Waals surface area contributed by atoms with Crippen molar-refractivity contribution in [2.75, 3.05) is 12.3 Å². The van der Waals surface area contributed by atoms with Gasteiger partial charge in [-0.05, 0) is 17.9 Å². The second-order valence-electron chi connectivity index (χ2n) is 6.70. The van der Waals surface area contributed by atoms with Gasteiger partial charge in [0.15, 0.2) is 10.9 Å². The lowest BCUT2D eigenvalue weighted by molar-refractivity contribution is -0.118. The summed E-state index contributed by atoms with van der Waals surface area (Å²) >= 11 is 1.38. The molecule has 0 fully saturated rings. The molecule has 0 unspecified atom stereocenters. The monoisotopic (exact) mass is 374 g/mol. The van der Waals surface area contributed by atoms with E-state index in [9.17, 15) is 9.59 Å². The number of carbonyl (C=O) groups excluding carboxylic acids is 2. The molecular formula is C19H26N4O2S. The number of Topliss-reactive ketones (excluding diaryl/α,β-unsaturated/α-hetero) is 1. The van der Waals surface area contributed by atoms with E-state index >= 15 is 0 Å². The summed E-state index contributed by atoms with van der Waals surface area (Å²) < 4.78 is 1.87. The van der Waals surface area contributed by atoms with Crippen molar-refractivity contribution in [3.8, 4) is 0 Å². The van der Waals surface area contributed by atoms with Crippen LogP contribution in [0.5, 0.6) is 0 Å². The topological polar surface area (TPSA) is 76.9 Å². The molecule has 0 bridgehead atoms. The quantitative estimate of drug-likeness (QED) is 0.539. The SMILES string of the molecule is CC(=O)NCCc1nnc(SCC(=O)c2ccc(CC(C)C)cc2)n1C. The molecule has 1 aromatic carbocycles. The fourth-order valence-corrected chi connectivity index (χ4v) is 3.37. The van der Waals surface area contributed by atoms with E-state index in [1.807, 2.05) is 35.9 Å². The molecule has 140 valence electrons. The predicted molar refractivity (Wildman–Crippen MR) is 103 cm³/mol. The molecule has 0 saturated heterocycles. The molecule has 7 heteroatoms. The maximum Gasteiger partial charge on any atom is 0.216 e. The lowest BCUT2D eigenvalue weighted by Gasteiger charge is -2.06. The molecule has 0 aliphatic carbocycles. The van der Waals surface area contributed by atoms with Crippen molar-refractivity contribution in [3.05, 3.63) is 41.2 Å². The first kappa shape index (κ1) is 20.2. The Bertz CT molecular complexity index is 753. The van der Waals surface area contributed by atoms with Crippen LogP contribution in [0.15, 0.2) is 29.4 Å². The molecule has 0 aliphatic rings. The maximum atomic E-state index is 12.4. The van der Waals surface area contributed by atoms with Crippen molar-refractivity contribution in [1.29, 1.82) is 0 Å². The summed E-state index contributed by atoms with van der Waals surface area (Å²) in [6, 6.07) is 7.85. The van der Waals surface area contributed by atoms with Crippen LogP contribution in [0.3, 0.4) is 0 Å². The van der Waals surface area contributed by atoms with Crippen LogP contribution in [0.2, 0.25) is 0 Å².